The average Bonchev–Trinajstić information content (AvgIpc) is 2.63. The number of hydrogen-bond donors (Lipinski definition) is 1. The third kappa shape index (κ3) is 1.29. The van der Waals surface area contributed by atoms with E-state index < -0.39 is 0 Å². The zero-order chi connectivity index (χ0) is 9.26. The Morgan fingerprint density at radius 2 is 2.23 bits per heavy atom. The first-order chi connectivity index (χ1) is 6.31. The third-order valence-corrected chi connectivity index (χ3v) is 2.27. The molecule has 0 aliphatic carbocycles. The first kappa shape index (κ1) is 7.88. The molecule has 64 valence electrons. The van der Waals surface area contributed by atoms with Gasteiger partial charge in [0, 0.05) is 11.7 Å². The summed E-state index contributed by atoms with van der Waals surface area (Å²) in [6.07, 6.45) is 1.91. The van der Waals surface area contributed by atoms with Gasteiger partial charge in [0.2, 0.25) is 0 Å². The first-order valence-corrected chi connectivity index (χ1v) is 4.28. The minimum absolute atomic E-state index is 0.0345. The van der Waals surface area contributed by atoms with E-state index in [2.05, 4.69) is 11.1 Å². The van der Waals surface area contributed by atoms with E-state index in [9.17, 15) is 0 Å². The van der Waals surface area contributed by atoms with Gasteiger partial charge in [0.25, 0.3) is 0 Å². The van der Waals surface area contributed by atoms with Crippen molar-refractivity contribution in [1.29, 1.82) is 5.26 Å². The fraction of sp³-hybridized carbons (Fsp3) is 0.182. The van der Waals surface area contributed by atoms with Crippen LogP contribution in [-0.2, 0) is 0 Å². The summed E-state index contributed by atoms with van der Waals surface area (Å²) in [5, 5.41) is 9.94. The van der Waals surface area contributed by atoms with E-state index >= 15 is 0 Å². The molecule has 0 amide bonds. The summed E-state index contributed by atoms with van der Waals surface area (Å²) in [5.41, 5.74) is 2.16. The van der Waals surface area contributed by atoms with Crippen molar-refractivity contribution in [1.82, 2.24) is 4.98 Å². The smallest absolute Gasteiger partial charge is 0.0700 e. The molecule has 1 N–H and O–H groups in total. The molecule has 0 bridgehead atoms. The highest BCUT2D eigenvalue weighted by Crippen LogP contribution is 2.19. The molecule has 1 aromatic carbocycles. The Labute approximate surface area is 76.8 Å². The number of nitrogens with one attached hydrogen (secondary N) is 1. The summed E-state index contributed by atoms with van der Waals surface area (Å²) < 4.78 is 0. The van der Waals surface area contributed by atoms with Crippen LogP contribution in [0, 0.1) is 11.3 Å². The van der Waals surface area contributed by atoms with Crippen LogP contribution in [0.15, 0.2) is 30.5 Å². The van der Waals surface area contributed by atoms with Gasteiger partial charge in [0.1, 0.15) is 0 Å². The summed E-state index contributed by atoms with van der Waals surface area (Å²) in [6.45, 7) is 1.91. The van der Waals surface area contributed by atoms with Crippen LogP contribution in [0.2, 0.25) is 0 Å². The molecule has 2 nitrogen and oxygen atoms in total. The second kappa shape index (κ2) is 2.95. The molecule has 2 heteroatoms. The lowest BCUT2D eigenvalue weighted by molar-refractivity contribution is 0.984. The number of nitrogens with zero attached hydrogens (tertiary/aromatic N) is 1. The fourth-order valence-electron chi connectivity index (χ4n) is 1.41. The SMILES string of the molecule is CC(C#N)c1ccc2cc[nH]c2c1. The maximum Gasteiger partial charge on any atom is 0.0700 e. The van der Waals surface area contributed by atoms with E-state index in [0.717, 1.165) is 11.1 Å². The minimum atomic E-state index is -0.0345. The van der Waals surface area contributed by atoms with Crippen LogP contribution < -0.4 is 0 Å². The van der Waals surface area contributed by atoms with Crippen LogP contribution in [0.3, 0.4) is 0 Å². The summed E-state index contributed by atoms with van der Waals surface area (Å²) in [6, 6.07) is 10.3. The van der Waals surface area contributed by atoms with Gasteiger partial charge >= 0.3 is 0 Å². The van der Waals surface area contributed by atoms with E-state index in [0.29, 0.717) is 0 Å². The number of benzene rings is 1. The molecule has 0 saturated heterocycles. The monoisotopic (exact) mass is 170 g/mol. The Hall–Kier alpha value is -1.75. The van der Waals surface area contributed by atoms with Gasteiger partial charge in [-0.05, 0) is 30.0 Å². The van der Waals surface area contributed by atoms with Gasteiger partial charge in [-0.25, -0.2) is 0 Å². The van der Waals surface area contributed by atoms with Gasteiger partial charge in [-0.15, -0.1) is 0 Å². The maximum atomic E-state index is 8.75. The van der Waals surface area contributed by atoms with Gasteiger partial charge in [0.05, 0.1) is 12.0 Å². The zero-order valence-corrected chi connectivity index (χ0v) is 7.41. The normalized spacial score (nSPS) is 12.6. The van der Waals surface area contributed by atoms with Gasteiger partial charge in [-0.3, -0.25) is 0 Å². The average molecular weight is 170 g/mol. The Balaban J connectivity index is 2.55. The number of rotatable bonds is 1. The summed E-state index contributed by atoms with van der Waals surface area (Å²) in [4.78, 5) is 3.13. The van der Waals surface area contributed by atoms with Crippen LogP contribution in [0.1, 0.15) is 18.4 Å². The van der Waals surface area contributed by atoms with Crippen molar-refractivity contribution in [2.75, 3.05) is 0 Å². The molecule has 0 spiro atoms. The van der Waals surface area contributed by atoms with Crippen LogP contribution >= 0.6 is 0 Å². The van der Waals surface area contributed by atoms with Crippen LogP contribution in [0.25, 0.3) is 10.9 Å². The largest absolute Gasteiger partial charge is 0.361 e. The zero-order valence-electron chi connectivity index (χ0n) is 7.41. The molecule has 0 aliphatic rings. The summed E-state index contributed by atoms with van der Waals surface area (Å²) in [7, 11) is 0. The topological polar surface area (TPSA) is 39.6 Å². The number of H-pyrrole nitrogens is 1. The molecule has 0 aliphatic heterocycles. The Bertz CT molecular complexity index is 462. The van der Waals surface area contributed by atoms with Crippen molar-refractivity contribution in [2.24, 2.45) is 0 Å². The second-order valence-corrected chi connectivity index (χ2v) is 3.18. The predicted molar refractivity (Wildman–Crippen MR) is 52.3 cm³/mol. The number of nitriles is 1. The molecule has 0 fully saturated rings. The van der Waals surface area contributed by atoms with Crippen molar-refractivity contribution < 1.29 is 0 Å². The molecule has 0 radical (unpaired) electrons. The number of hydrogen-bond acceptors (Lipinski definition) is 1. The molecule has 2 aromatic rings. The van der Waals surface area contributed by atoms with Gasteiger partial charge in [0.15, 0.2) is 0 Å². The number of fused-ring (bicyclic) bond motifs is 1. The van der Waals surface area contributed by atoms with Crippen LogP contribution in [0.4, 0.5) is 0 Å². The van der Waals surface area contributed by atoms with Crippen molar-refractivity contribution in [2.45, 2.75) is 12.8 Å². The Morgan fingerprint density at radius 1 is 1.38 bits per heavy atom. The van der Waals surface area contributed by atoms with E-state index in [1.807, 2.05) is 37.4 Å². The number of aromatic amines is 1. The molecule has 2 rings (SSSR count). The van der Waals surface area contributed by atoms with Crippen molar-refractivity contribution in [3.8, 4) is 6.07 Å². The molecule has 1 heterocycles. The first-order valence-electron chi connectivity index (χ1n) is 4.28. The van der Waals surface area contributed by atoms with E-state index in [1.54, 1.807) is 0 Å². The van der Waals surface area contributed by atoms with E-state index in [-0.39, 0.29) is 5.92 Å². The van der Waals surface area contributed by atoms with Crippen molar-refractivity contribution in [3.63, 3.8) is 0 Å². The minimum Gasteiger partial charge on any atom is -0.361 e. The van der Waals surface area contributed by atoms with Crippen LogP contribution in [-0.4, -0.2) is 4.98 Å². The Morgan fingerprint density at radius 3 is 3.00 bits per heavy atom. The maximum absolute atomic E-state index is 8.75. The Kier molecular flexibility index (Phi) is 1.79. The van der Waals surface area contributed by atoms with E-state index in [1.165, 1.54) is 5.39 Å². The van der Waals surface area contributed by atoms with Crippen molar-refractivity contribution >= 4 is 10.9 Å². The molecule has 0 saturated carbocycles. The fourth-order valence-corrected chi connectivity index (χ4v) is 1.41. The molecular formula is C11H10N2. The van der Waals surface area contributed by atoms with Gasteiger partial charge in [-0.1, -0.05) is 12.1 Å². The molecular weight excluding hydrogens is 160 g/mol. The molecule has 1 unspecified atom stereocenters. The van der Waals surface area contributed by atoms with Gasteiger partial charge < -0.3 is 4.98 Å². The third-order valence-electron chi connectivity index (χ3n) is 2.27. The van der Waals surface area contributed by atoms with Crippen molar-refractivity contribution in [3.05, 3.63) is 36.0 Å². The number of aromatic nitrogens is 1. The quantitative estimate of drug-likeness (QED) is 0.702. The predicted octanol–water partition coefficient (Wildman–Crippen LogP) is 2.79. The highest BCUT2D eigenvalue weighted by molar-refractivity contribution is 5.80. The van der Waals surface area contributed by atoms with Crippen LogP contribution in [0.5, 0.6) is 0 Å². The lowest BCUT2D eigenvalue weighted by atomic mass is 10.0. The molecule has 13 heavy (non-hydrogen) atoms. The molecule has 1 aromatic heterocycles. The highest BCUT2D eigenvalue weighted by Gasteiger charge is 2.04. The highest BCUT2D eigenvalue weighted by atomic mass is 14.7. The summed E-state index contributed by atoms with van der Waals surface area (Å²) >= 11 is 0. The lowest BCUT2D eigenvalue weighted by Gasteiger charge is -2.01. The van der Waals surface area contributed by atoms with E-state index in [4.69, 9.17) is 5.26 Å². The standard InChI is InChI=1S/C11H10N2/c1-8(7-12)10-3-2-9-4-5-13-11(9)6-10/h2-6,8,13H,1H3. The summed E-state index contributed by atoms with van der Waals surface area (Å²) in [5.74, 6) is -0.0345. The second-order valence-electron chi connectivity index (χ2n) is 3.18. The lowest BCUT2D eigenvalue weighted by Crippen LogP contribution is -1.88. The molecule has 1 atom stereocenters. The van der Waals surface area contributed by atoms with Gasteiger partial charge in [-0.2, -0.15) is 5.26 Å².